The summed E-state index contributed by atoms with van der Waals surface area (Å²) >= 11 is 0. The van der Waals surface area contributed by atoms with Crippen LogP contribution in [0.4, 0.5) is 0 Å². The molecular weight excluding hydrogens is 134 g/mol. The van der Waals surface area contributed by atoms with Gasteiger partial charge in [0.05, 0.1) is 0 Å². The van der Waals surface area contributed by atoms with Gasteiger partial charge in [-0.3, -0.25) is 0 Å². The number of rotatable bonds is 0. The lowest BCUT2D eigenvalue weighted by atomic mass is 10.4. The molecule has 0 saturated carbocycles. The summed E-state index contributed by atoms with van der Waals surface area (Å²) in [6.07, 6.45) is 0. The second kappa shape index (κ2) is 2.58. The van der Waals surface area contributed by atoms with Gasteiger partial charge < -0.3 is 0 Å². The number of hydrogen-bond acceptors (Lipinski definition) is 0. The van der Waals surface area contributed by atoms with Crippen molar-refractivity contribution in [1.29, 1.82) is 0 Å². The van der Waals surface area contributed by atoms with Gasteiger partial charge in [0.15, 0.2) is 0 Å². The summed E-state index contributed by atoms with van der Waals surface area (Å²) in [5, 5.41) is 1.95. The van der Waals surface area contributed by atoms with E-state index in [0.717, 1.165) is 10.6 Å². The first-order valence-electron chi connectivity index (χ1n) is 2.27. The minimum absolute atomic E-state index is 0.975. The largest absolute Gasteiger partial charge is 0.0531 e. The van der Waals surface area contributed by atoms with Gasteiger partial charge in [-0.15, -0.1) is 0 Å². The van der Waals surface area contributed by atoms with Gasteiger partial charge in [-0.25, -0.2) is 0 Å². The predicted molar refractivity (Wildman–Crippen MR) is 39.6 cm³/mol. The Bertz CT molecular complexity index is 145. The van der Waals surface area contributed by atoms with Crippen molar-refractivity contribution in [3.63, 3.8) is 0 Å². The van der Waals surface area contributed by atoms with Crippen LogP contribution < -0.4 is 10.6 Å². The zero-order valence-electron chi connectivity index (χ0n) is 4.20. The SMILES string of the molecule is [P]c1ccc([P])cc1. The third-order valence-electron chi connectivity index (χ3n) is 0.850. The van der Waals surface area contributed by atoms with Crippen LogP contribution in [0.2, 0.25) is 0 Å². The minimum atomic E-state index is 0.975. The molecule has 0 saturated heterocycles. The van der Waals surface area contributed by atoms with E-state index in [2.05, 4.69) is 18.5 Å². The molecule has 0 aliphatic carbocycles. The second-order valence-corrected chi connectivity index (χ2v) is 2.55. The molecule has 0 spiro atoms. The van der Waals surface area contributed by atoms with E-state index in [-0.39, 0.29) is 0 Å². The van der Waals surface area contributed by atoms with Crippen LogP contribution >= 0.6 is 18.5 Å². The zero-order valence-corrected chi connectivity index (χ0v) is 5.99. The number of hydrogen-bond donors (Lipinski definition) is 0. The molecular formula is C6H4P2. The molecule has 0 atom stereocenters. The average molecular weight is 138 g/mol. The maximum Gasteiger partial charge on any atom is -0.00563 e. The average Bonchev–Trinajstić information content (AvgIpc) is 1.77. The summed E-state index contributed by atoms with van der Waals surface area (Å²) < 4.78 is 0. The third-order valence-corrected chi connectivity index (χ3v) is 1.45. The monoisotopic (exact) mass is 138 g/mol. The Labute approximate surface area is 54.1 Å². The molecule has 0 heterocycles. The lowest BCUT2D eigenvalue weighted by Gasteiger charge is -1.87. The normalized spacial score (nSPS) is 9.25. The fourth-order valence-electron chi connectivity index (χ4n) is 0.453. The van der Waals surface area contributed by atoms with Gasteiger partial charge in [0.2, 0.25) is 0 Å². The summed E-state index contributed by atoms with van der Waals surface area (Å²) in [6.45, 7) is 0. The quantitative estimate of drug-likeness (QED) is 0.479. The summed E-state index contributed by atoms with van der Waals surface area (Å²) in [5.41, 5.74) is 0. The summed E-state index contributed by atoms with van der Waals surface area (Å²) in [7, 11) is 8.20. The molecule has 0 aliphatic rings. The number of benzene rings is 1. The van der Waals surface area contributed by atoms with Crippen LogP contribution in [-0.4, -0.2) is 0 Å². The highest BCUT2D eigenvalue weighted by Gasteiger charge is 1.81. The molecule has 0 fully saturated rings. The molecule has 1 rings (SSSR count). The van der Waals surface area contributed by atoms with Gasteiger partial charge in [-0.05, 0) is 29.1 Å². The van der Waals surface area contributed by atoms with Crippen molar-refractivity contribution in [3.8, 4) is 0 Å². The van der Waals surface area contributed by atoms with E-state index in [9.17, 15) is 0 Å². The van der Waals surface area contributed by atoms with Gasteiger partial charge in [-0.2, -0.15) is 0 Å². The van der Waals surface area contributed by atoms with Crippen molar-refractivity contribution in [2.45, 2.75) is 0 Å². The molecule has 0 bridgehead atoms. The van der Waals surface area contributed by atoms with Gasteiger partial charge in [0, 0.05) is 0 Å². The Morgan fingerprint density at radius 1 is 0.750 bits per heavy atom. The van der Waals surface area contributed by atoms with E-state index >= 15 is 0 Å². The molecule has 4 radical (unpaired) electrons. The van der Waals surface area contributed by atoms with Gasteiger partial charge in [0.1, 0.15) is 0 Å². The summed E-state index contributed by atoms with van der Waals surface area (Å²) in [6, 6.07) is 7.63. The van der Waals surface area contributed by atoms with Crippen LogP contribution in [0.15, 0.2) is 24.3 Å². The Morgan fingerprint density at radius 3 is 1.25 bits per heavy atom. The topological polar surface area (TPSA) is 0 Å². The Hall–Kier alpha value is 0.0800. The molecule has 0 unspecified atom stereocenters. The van der Waals surface area contributed by atoms with Crippen LogP contribution in [0.25, 0.3) is 0 Å². The highest BCUT2D eigenvalue weighted by molar-refractivity contribution is 7.28. The lowest BCUT2D eigenvalue weighted by molar-refractivity contribution is 1.86. The summed E-state index contributed by atoms with van der Waals surface area (Å²) in [4.78, 5) is 0. The van der Waals surface area contributed by atoms with Crippen molar-refractivity contribution in [1.82, 2.24) is 0 Å². The summed E-state index contributed by atoms with van der Waals surface area (Å²) in [5.74, 6) is 0. The van der Waals surface area contributed by atoms with E-state index < -0.39 is 0 Å². The third kappa shape index (κ3) is 1.54. The molecule has 38 valence electrons. The maximum absolute atomic E-state index is 4.10. The van der Waals surface area contributed by atoms with Crippen molar-refractivity contribution in [3.05, 3.63) is 24.3 Å². The van der Waals surface area contributed by atoms with Gasteiger partial charge in [-0.1, -0.05) is 24.3 Å². The first-order chi connectivity index (χ1) is 3.79. The van der Waals surface area contributed by atoms with Crippen LogP contribution in [0.1, 0.15) is 0 Å². The Morgan fingerprint density at radius 2 is 1.00 bits per heavy atom. The van der Waals surface area contributed by atoms with E-state index in [1.54, 1.807) is 0 Å². The van der Waals surface area contributed by atoms with Crippen LogP contribution in [-0.2, 0) is 0 Å². The molecule has 0 amide bonds. The minimum Gasteiger partial charge on any atom is -0.0531 e. The van der Waals surface area contributed by atoms with E-state index in [1.807, 2.05) is 24.3 Å². The van der Waals surface area contributed by atoms with Crippen LogP contribution in [0, 0.1) is 0 Å². The van der Waals surface area contributed by atoms with E-state index in [0.29, 0.717) is 0 Å². The lowest BCUT2D eigenvalue weighted by Crippen LogP contribution is -1.94. The zero-order chi connectivity index (χ0) is 5.98. The van der Waals surface area contributed by atoms with Crippen LogP contribution in [0.5, 0.6) is 0 Å². The van der Waals surface area contributed by atoms with Gasteiger partial charge in [0.25, 0.3) is 0 Å². The van der Waals surface area contributed by atoms with Crippen molar-refractivity contribution < 1.29 is 0 Å². The molecule has 8 heavy (non-hydrogen) atoms. The van der Waals surface area contributed by atoms with Crippen molar-refractivity contribution in [2.24, 2.45) is 0 Å². The highest BCUT2D eigenvalue weighted by Crippen LogP contribution is 1.89. The van der Waals surface area contributed by atoms with Crippen molar-refractivity contribution >= 4 is 29.1 Å². The Balaban J connectivity index is 3.03. The van der Waals surface area contributed by atoms with Gasteiger partial charge >= 0.3 is 0 Å². The fourth-order valence-corrected chi connectivity index (χ4v) is 0.751. The molecule has 0 nitrogen and oxygen atoms in total. The molecule has 1 aromatic carbocycles. The second-order valence-electron chi connectivity index (χ2n) is 1.52. The maximum atomic E-state index is 4.10. The highest BCUT2D eigenvalue weighted by atomic mass is 31.0. The molecule has 2 heteroatoms. The van der Waals surface area contributed by atoms with Crippen molar-refractivity contribution in [2.75, 3.05) is 0 Å². The standard InChI is InChI=1S/C6H4P2/c7-5-1-2-6(8)4-3-5/h1-4H. The smallest absolute Gasteiger partial charge is 0.00563 e. The Kier molecular flexibility index (Phi) is 2.00. The molecule has 0 aliphatic heterocycles. The fraction of sp³-hybridized carbons (Fsp3) is 0. The molecule has 0 aromatic heterocycles. The predicted octanol–water partition coefficient (Wildman–Crippen LogP) is 1.76. The molecule has 0 N–H and O–H groups in total. The van der Waals surface area contributed by atoms with Crippen LogP contribution in [0.3, 0.4) is 0 Å². The molecule has 1 aromatic rings. The first-order valence-corrected chi connectivity index (χ1v) is 3.16. The van der Waals surface area contributed by atoms with E-state index in [4.69, 9.17) is 0 Å². The first kappa shape index (κ1) is 6.20. The van der Waals surface area contributed by atoms with E-state index in [1.165, 1.54) is 0 Å².